The number of aromatic nitrogens is 1. The van der Waals surface area contributed by atoms with Crippen LogP contribution in [0, 0.1) is 6.92 Å². The molecule has 2 rings (SSSR count). The van der Waals surface area contributed by atoms with Crippen molar-refractivity contribution in [2.45, 2.75) is 25.3 Å². The molecule has 0 spiro atoms. The third kappa shape index (κ3) is 6.40. The number of hydrogen-bond donors (Lipinski definition) is 3. The topological polar surface area (TPSA) is 78.4 Å². The Morgan fingerprint density at radius 1 is 1.27 bits per heavy atom. The second-order valence-electron chi connectivity index (χ2n) is 5.65. The molecule has 3 N–H and O–H groups in total. The standard InChI is InChI=1S/C19H25N5OS/c1-4-21-19(22-11-15-8-7-14(2)10-17(15)26-3)23-13-18(25)24-16-6-5-9-20-12-16/h5-10,12H,4,11,13H2,1-3H3,(H,24,25)(H2,21,22,23). The fourth-order valence-electron chi connectivity index (χ4n) is 2.29. The molecule has 7 heteroatoms. The van der Waals surface area contributed by atoms with Crippen LogP contribution in [-0.4, -0.2) is 36.2 Å². The maximum atomic E-state index is 12.0. The Kier molecular flexibility index (Phi) is 7.95. The Hall–Kier alpha value is -2.54. The van der Waals surface area contributed by atoms with Crippen molar-refractivity contribution in [3.8, 4) is 0 Å². The number of anilines is 1. The molecule has 1 amide bonds. The number of pyridine rings is 1. The number of nitrogens with zero attached hydrogens (tertiary/aromatic N) is 2. The molecule has 0 aliphatic heterocycles. The van der Waals surface area contributed by atoms with E-state index >= 15 is 0 Å². The Morgan fingerprint density at radius 3 is 2.81 bits per heavy atom. The van der Waals surface area contributed by atoms with Gasteiger partial charge >= 0.3 is 0 Å². The second kappa shape index (κ2) is 10.5. The number of nitrogens with one attached hydrogen (secondary N) is 3. The van der Waals surface area contributed by atoms with Crippen molar-refractivity contribution < 1.29 is 4.79 Å². The van der Waals surface area contributed by atoms with Gasteiger partial charge in [-0.25, -0.2) is 4.99 Å². The second-order valence-corrected chi connectivity index (χ2v) is 6.50. The molecule has 0 saturated heterocycles. The van der Waals surface area contributed by atoms with Gasteiger partial charge in [0, 0.05) is 17.6 Å². The van der Waals surface area contributed by atoms with E-state index in [1.165, 1.54) is 16.0 Å². The number of benzene rings is 1. The summed E-state index contributed by atoms with van der Waals surface area (Å²) >= 11 is 1.71. The van der Waals surface area contributed by atoms with Gasteiger partial charge in [-0.1, -0.05) is 12.1 Å². The number of aryl methyl sites for hydroxylation is 1. The fourth-order valence-corrected chi connectivity index (χ4v) is 2.99. The SMILES string of the molecule is CCNC(=NCc1ccc(C)cc1SC)NCC(=O)Nc1cccnc1. The number of amides is 1. The van der Waals surface area contributed by atoms with E-state index in [0.29, 0.717) is 18.2 Å². The zero-order valence-electron chi connectivity index (χ0n) is 15.4. The molecular weight excluding hydrogens is 346 g/mol. The van der Waals surface area contributed by atoms with Gasteiger partial charge in [-0.15, -0.1) is 11.8 Å². The molecule has 0 saturated carbocycles. The number of thioether (sulfide) groups is 1. The van der Waals surface area contributed by atoms with Gasteiger partial charge in [-0.3, -0.25) is 9.78 Å². The highest BCUT2D eigenvalue weighted by atomic mass is 32.2. The third-order valence-electron chi connectivity index (χ3n) is 3.56. The lowest BCUT2D eigenvalue weighted by Crippen LogP contribution is -2.41. The molecule has 0 radical (unpaired) electrons. The van der Waals surface area contributed by atoms with Crippen LogP contribution in [0.3, 0.4) is 0 Å². The normalized spacial score (nSPS) is 11.1. The number of aliphatic imine (C=N–C) groups is 1. The average Bonchev–Trinajstić information content (AvgIpc) is 2.65. The van der Waals surface area contributed by atoms with Crippen LogP contribution in [0.4, 0.5) is 5.69 Å². The lowest BCUT2D eigenvalue weighted by Gasteiger charge is -2.12. The molecule has 0 aliphatic rings. The molecule has 1 heterocycles. The zero-order valence-corrected chi connectivity index (χ0v) is 16.2. The van der Waals surface area contributed by atoms with Gasteiger partial charge in [0.1, 0.15) is 0 Å². The minimum Gasteiger partial charge on any atom is -0.357 e. The van der Waals surface area contributed by atoms with E-state index in [1.54, 1.807) is 36.3 Å². The maximum Gasteiger partial charge on any atom is 0.243 e. The average molecular weight is 372 g/mol. The zero-order chi connectivity index (χ0) is 18.8. The Morgan fingerprint density at radius 2 is 2.12 bits per heavy atom. The molecule has 0 unspecified atom stereocenters. The fraction of sp³-hybridized carbons (Fsp3) is 0.316. The van der Waals surface area contributed by atoms with Crippen LogP contribution in [0.15, 0.2) is 52.6 Å². The molecule has 138 valence electrons. The summed E-state index contributed by atoms with van der Waals surface area (Å²) in [5, 5.41) is 9.01. The summed E-state index contributed by atoms with van der Waals surface area (Å²) in [6, 6.07) is 9.93. The van der Waals surface area contributed by atoms with E-state index in [0.717, 1.165) is 6.54 Å². The largest absolute Gasteiger partial charge is 0.357 e. The molecule has 1 aromatic carbocycles. The van der Waals surface area contributed by atoms with Crippen LogP contribution in [0.2, 0.25) is 0 Å². The van der Waals surface area contributed by atoms with Gasteiger partial charge in [-0.2, -0.15) is 0 Å². The van der Waals surface area contributed by atoms with Gasteiger partial charge in [0.05, 0.1) is 25.0 Å². The predicted molar refractivity (Wildman–Crippen MR) is 109 cm³/mol. The summed E-state index contributed by atoms with van der Waals surface area (Å²) in [6.07, 6.45) is 5.34. The Labute approximate surface area is 158 Å². The van der Waals surface area contributed by atoms with E-state index in [1.807, 2.05) is 6.92 Å². The van der Waals surface area contributed by atoms with Crippen molar-refractivity contribution in [1.29, 1.82) is 0 Å². The molecule has 6 nitrogen and oxygen atoms in total. The van der Waals surface area contributed by atoms with Crippen molar-refractivity contribution >= 4 is 29.3 Å². The first kappa shape index (κ1) is 19.8. The van der Waals surface area contributed by atoms with Crippen molar-refractivity contribution in [1.82, 2.24) is 15.6 Å². The summed E-state index contributed by atoms with van der Waals surface area (Å²) in [5.41, 5.74) is 3.07. The molecule has 0 atom stereocenters. The van der Waals surface area contributed by atoms with Crippen LogP contribution in [0.25, 0.3) is 0 Å². The minimum atomic E-state index is -0.149. The van der Waals surface area contributed by atoms with Crippen LogP contribution in [0.1, 0.15) is 18.1 Å². The number of carbonyl (C=O) groups excluding carboxylic acids is 1. The highest BCUT2D eigenvalue weighted by molar-refractivity contribution is 7.98. The number of hydrogen-bond acceptors (Lipinski definition) is 4. The van der Waals surface area contributed by atoms with Gasteiger partial charge < -0.3 is 16.0 Å². The molecule has 26 heavy (non-hydrogen) atoms. The summed E-state index contributed by atoms with van der Waals surface area (Å²) in [4.78, 5) is 21.8. The van der Waals surface area contributed by atoms with E-state index in [-0.39, 0.29) is 12.5 Å². The Balaban J connectivity index is 1.95. The lowest BCUT2D eigenvalue weighted by molar-refractivity contribution is -0.115. The van der Waals surface area contributed by atoms with Gasteiger partial charge in [0.25, 0.3) is 0 Å². The van der Waals surface area contributed by atoms with Gasteiger partial charge in [0.15, 0.2) is 5.96 Å². The maximum absolute atomic E-state index is 12.0. The molecule has 0 bridgehead atoms. The van der Waals surface area contributed by atoms with Gasteiger partial charge in [-0.05, 0) is 49.4 Å². The number of carbonyl (C=O) groups is 1. The van der Waals surface area contributed by atoms with Crippen molar-refractivity contribution in [2.75, 3.05) is 24.7 Å². The van der Waals surface area contributed by atoms with E-state index in [9.17, 15) is 4.79 Å². The summed E-state index contributed by atoms with van der Waals surface area (Å²) in [7, 11) is 0. The number of rotatable bonds is 7. The monoisotopic (exact) mass is 371 g/mol. The van der Waals surface area contributed by atoms with Crippen LogP contribution >= 0.6 is 11.8 Å². The smallest absolute Gasteiger partial charge is 0.243 e. The van der Waals surface area contributed by atoms with Crippen LogP contribution < -0.4 is 16.0 Å². The van der Waals surface area contributed by atoms with E-state index in [2.05, 4.69) is 57.3 Å². The predicted octanol–water partition coefficient (Wildman–Crippen LogP) is 2.81. The highest BCUT2D eigenvalue weighted by Gasteiger charge is 2.06. The summed E-state index contributed by atoms with van der Waals surface area (Å²) in [5.74, 6) is 0.463. The Bertz CT molecular complexity index is 749. The van der Waals surface area contributed by atoms with Crippen molar-refractivity contribution in [3.05, 3.63) is 53.9 Å². The number of guanidine groups is 1. The van der Waals surface area contributed by atoms with Gasteiger partial charge in [0.2, 0.25) is 5.91 Å². The summed E-state index contributed by atoms with van der Waals surface area (Å²) in [6.45, 7) is 5.48. The first-order chi connectivity index (χ1) is 12.6. The first-order valence-corrected chi connectivity index (χ1v) is 9.70. The minimum absolute atomic E-state index is 0.129. The molecule has 0 fully saturated rings. The van der Waals surface area contributed by atoms with Crippen molar-refractivity contribution in [2.24, 2.45) is 4.99 Å². The third-order valence-corrected chi connectivity index (χ3v) is 4.38. The van der Waals surface area contributed by atoms with Crippen LogP contribution in [-0.2, 0) is 11.3 Å². The molecule has 1 aromatic heterocycles. The quantitative estimate of drug-likeness (QED) is 0.396. The molecule has 0 aliphatic carbocycles. The summed E-state index contributed by atoms with van der Waals surface area (Å²) < 4.78 is 0. The lowest BCUT2D eigenvalue weighted by atomic mass is 10.1. The van der Waals surface area contributed by atoms with Crippen LogP contribution in [0.5, 0.6) is 0 Å². The van der Waals surface area contributed by atoms with Crippen molar-refractivity contribution in [3.63, 3.8) is 0 Å². The molecular formula is C19H25N5OS. The van der Waals surface area contributed by atoms with E-state index < -0.39 is 0 Å². The van der Waals surface area contributed by atoms with E-state index in [4.69, 9.17) is 0 Å². The first-order valence-electron chi connectivity index (χ1n) is 8.48. The highest BCUT2D eigenvalue weighted by Crippen LogP contribution is 2.22. The molecule has 2 aromatic rings.